The number of pyridine rings is 2. The fourth-order valence-electron chi connectivity index (χ4n) is 4.09. The van der Waals surface area contributed by atoms with E-state index in [1.165, 1.54) is 0 Å². The van der Waals surface area contributed by atoms with Crippen molar-refractivity contribution in [2.24, 2.45) is 0 Å². The Morgan fingerprint density at radius 3 is 2.81 bits per heavy atom. The van der Waals surface area contributed by atoms with Gasteiger partial charge in [0.25, 0.3) is 0 Å². The van der Waals surface area contributed by atoms with Gasteiger partial charge in [0.05, 0.1) is 24.9 Å². The van der Waals surface area contributed by atoms with Crippen molar-refractivity contribution in [3.63, 3.8) is 0 Å². The van der Waals surface area contributed by atoms with E-state index in [0.29, 0.717) is 19.2 Å². The van der Waals surface area contributed by atoms with Crippen molar-refractivity contribution in [2.45, 2.75) is 25.0 Å². The molecule has 2 aromatic heterocycles. The molecule has 0 amide bonds. The van der Waals surface area contributed by atoms with Gasteiger partial charge in [-0.3, -0.25) is 9.97 Å². The van der Waals surface area contributed by atoms with Crippen molar-refractivity contribution in [2.75, 3.05) is 39.9 Å². The maximum absolute atomic E-state index is 10.9. The Labute approximate surface area is 183 Å². The van der Waals surface area contributed by atoms with Gasteiger partial charge in [0.2, 0.25) is 0 Å². The van der Waals surface area contributed by atoms with E-state index in [2.05, 4.69) is 20.2 Å². The van der Waals surface area contributed by atoms with Crippen molar-refractivity contribution in [3.8, 4) is 11.5 Å². The van der Waals surface area contributed by atoms with Crippen molar-refractivity contribution in [1.82, 2.24) is 20.2 Å². The van der Waals surface area contributed by atoms with Gasteiger partial charge in [-0.25, -0.2) is 0 Å². The third-order valence-corrected chi connectivity index (χ3v) is 5.80. The number of hydrogen-bond donors (Lipinski definition) is 2. The highest BCUT2D eigenvalue weighted by Gasteiger charge is 2.22. The number of likely N-dealkylation sites (tertiary alicyclic amines) is 1. The average molecular weight is 423 g/mol. The van der Waals surface area contributed by atoms with Crippen LogP contribution in [0, 0.1) is 0 Å². The number of nitrogens with one attached hydrogen (secondary N) is 1. The standard InChI is InChI=1S/C24H30N4O3/c1-30-19-4-5-23-22(15-19)21(6-10-27-23)24(29)17-28-12-7-18(8-13-28)26-11-14-31-20-3-2-9-25-16-20/h2-6,9-10,15-16,18,24,26,29H,7-8,11-14,17H2,1H3/t24-/m0/s1. The molecule has 1 aliphatic heterocycles. The maximum atomic E-state index is 10.9. The van der Waals surface area contributed by atoms with Crippen LogP contribution in [0.4, 0.5) is 0 Å². The van der Waals surface area contributed by atoms with E-state index < -0.39 is 6.10 Å². The van der Waals surface area contributed by atoms with Gasteiger partial charge in [-0.15, -0.1) is 0 Å². The molecule has 7 heteroatoms. The molecule has 0 aliphatic carbocycles. The molecule has 1 aromatic carbocycles. The number of nitrogens with zero attached hydrogens (tertiary/aromatic N) is 3. The Balaban J connectivity index is 1.24. The SMILES string of the molecule is COc1ccc2nccc([C@@H](O)CN3CCC(NCCOc4cccnc4)CC3)c2c1. The number of benzene rings is 1. The van der Waals surface area contributed by atoms with Crippen LogP contribution in [0.25, 0.3) is 10.9 Å². The second-order valence-corrected chi connectivity index (χ2v) is 7.87. The van der Waals surface area contributed by atoms with Crippen molar-refractivity contribution in [1.29, 1.82) is 0 Å². The Bertz CT molecular complexity index is 961. The van der Waals surface area contributed by atoms with E-state index in [1.54, 1.807) is 25.7 Å². The van der Waals surface area contributed by atoms with Gasteiger partial charge < -0.3 is 24.8 Å². The Morgan fingerprint density at radius 2 is 2.03 bits per heavy atom. The molecule has 164 valence electrons. The summed E-state index contributed by atoms with van der Waals surface area (Å²) < 4.78 is 11.0. The average Bonchev–Trinajstić information content (AvgIpc) is 2.82. The first-order valence-electron chi connectivity index (χ1n) is 10.8. The number of hydrogen-bond acceptors (Lipinski definition) is 7. The first-order valence-corrected chi connectivity index (χ1v) is 10.8. The first-order chi connectivity index (χ1) is 15.2. The van der Waals surface area contributed by atoms with E-state index in [0.717, 1.165) is 60.4 Å². The number of aliphatic hydroxyl groups is 1. The number of aromatic nitrogens is 2. The van der Waals surface area contributed by atoms with Crippen molar-refractivity contribution < 1.29 is 14.6 Å². The lowest BCUT2D eigenvalue weighted by Crippen LogP contribution is -2.44. The summed E-state index contributed by atoms with van der Waals surface area (Å²) in [5.74, 6) is 1.57. The molecule has 0 bridgehead atoms. The van der Waals surface area contributed by atoms with Crippen LogP contribution >= 0.6 is 0 Å². The van der Waals surface area contributed by atoms with Crippen molar-refractivity contribution >= 4 is 10.9 Å². The summed E-state index contributed by atoms with van der Waals surface area (Å²) in [6, 6.07) is 12.0. The lowest BCUT2D eigenvalue weighted by Gasteiger charge is -2.33. The first kappa shape index (κ1) is 21.5. The summed E-state index contributed by atoms with van der Waals surface area (Å²) in [5, 5.41) is 15.5. The predicted molar refractivity (Wildman–Crippen MR) is 120 cm³/mol. The number of β-amino-alcohol motifs (C(OH)–C–C–N with tert-alkyl or cyclic N) is 1. The van der Waals surface area contributed by atoms with Crippen LogP contribution < -0.4 is 14.8 Å². The summed E-state index contributed by atoms with van der Waals surface area (Å²) in [5.41, 5.74) is 1.77. The van der Waals surface area contributed by atoms with E-state index in [4.69, 9.17) is 9.47 Å². The number of methoxy groups -OCH3 is 1. The zero-order chi connectivity index (χ0) is 21.5. The van der Waals surface area contributed by atoms with Crippen LogP contribution in [-0.2, 0) is 0 Å². The van der Waals surface area contributed by atoms with Gasteiger partial charge in [0.1, 0.15) is 18.1 Å². The fourth-order valence-corrected chi connectivity index (χ4v) is 4.09. The molecule has 0 unspecified atom stereocenters. The molecular weight excluding hydrogens is 392 g/mol. The number of piperidine rings is 1. The molecule has 0 radical (unpaired) electrons. The van der Waals surface area contributed by atoms with Gasteiger partial charge in [-0.05, 0) is 67.9 Å². The van der Waals surface area contributed by atoms with Crippen LogP contribution in [-0.4, -0.2) is 65.9 Å². The van der Waals surface area contributed by atoms with Crippen LogP contribution in [0.1, 0.15) is 24.5 Å². The van der Waals surface area contributed by atoms with Crippen LogP contribution in [0.3, 0.4) is 0 Å². The fraction of sp³-hybridized carbons (Fsp3) is 0.417. The summed E-state index contributed by atoms with van der Waals surface area (Å²) >= 11 is 0. The molecule has 2 N–H and O–H groups in total. The predicted octanol–water partition coefficient (Wildman–Crippen LogP) is 2.80. The lowest BCUT2D eigenvalue weighted by molar-refractivity contribution is 0.0946. The zero-order valence-electron chi connectivity index (χ0n) is 17.9. The smallest absolute Gasteiger partial charge is 0.137 e. The van der Waals surface area contributed by atoms with Gasteiger partial charge in [-0.2, -0.15) is 0 Å². The molecule has 3 heterocycles. The van der Waals surface area contributed by atoms with Crippen LogP contribution in [0.15, 0.2) is 55.0 Å². The molecule has 3 aromatic rings. The van der Waals surface area contributed by atoms with E-state index in [9.17, 15) is 5.11 Å². The topological polar surface area (TPSA) is 79.7 Å². The highest BCUT2D eigenvalue weighted by atomic mass is 16.5. The van der Waals surface area contributed by atoms with Gasteiger partial charge in [-0.1, -0.05) is 0 Å². The molecule has 0 saturated carbocycles. The summed E-state index contributed by atoms with van der Waals surface area (Å²) in [6.07, 6.45) is 6.79. The summed E-state index contributed by atoms with van der Waals surface area (Å²) in [7, 11) is 1.65. The lowest BCUT2D eigenvalue weighted by atomic mass is 10.0. The minimum atomic E-state index is -0.560. The Hall–Kier alpha value is -2.74. The molecule has 4 rings (SSSR count). The summed E-state index contributed by atoms with van der Waals surface area (Å²) in [6.45, 7) is 3.98. The van der Waals surface area contributed by atoms with Crippen molar-refractivity contribution in [3.05, 3.63) is 60.6 Å². The Morgan fingerprint density at radius 1 is 1.16 bits per heavy atom. The summed E-state index contributed by atoms with van der Waals surface area (Å²) in [4.78, 5) is 10.8. The van der Waals surface area contributed by atoms with Gasteiger partial charge >= 0.3 is 0 Å². The van der Waals surface area contributed by atoms with Gasteiger partial charge in [0.15, 0.2) is 0 Å². The second-order valence-electron chi connectivity index (χ2n) is 7.87. The monoisotopic (exact) mass is 422 g/mol. The molecule has 1 aliphatic rings. The molecule has 1 fully saturated rings. The Kier molecular flexibility index (Phi) is 7.30. The largest absolute Gasteiger partial charge is 0.497 e. The molecule has 1 saturated heterocycles. The normalized spacial score (nSPS) is 16.3. The molecule has 1 atom stereocenters. The minimum Gasteiger partial charge on any atom is -0.497 e. The highest BCUT2D eigenvalue weighted by molar-refractivity contribution is 5.83. The maximum Gasteiger partial charge on any atom is 0.137 e. The number of aliphatic hydroxyl groups excluding tert-OH is 1. The van der Waals surface area contributed by atoms with Crippen LogP contribution in [0.5, 0.6) is 11.5 Å². The minimum absolute atomic E-state index is 0.483. The molecule has 0 spiro atoms. The van der Waals surface area contributed by atoms with Crippen LogP contribution in [0.2, 0.25) is 0 Å². The molecule has 31 heavy (non-hydrogen) atoms. The number of rotatable bonds is 9. The molecule has 7 nitrogen and oxygen atoms in total. The van der Waals surface area contributed by atoms with Gasteiger partial charge in [0, 0.05) is 36.9 Å². The van der Waals surface area contributed by atoms with E-state index in [-0.39, 0.29) is 0 Å². The quantitative estimate of drug-likeness (QED) is 0.513. The molecular formula is C24H30N4O3. The van der Waals surface area contributed by atoms with E-state index >= 15 is 0 Å². The highest BCUT2D eigenvalue weighted by Crippen LogP contribution is 2.27. The number of ether oxygens (including phenoxy) is 2. The third kappa shape index (κ3) is 5.70. The van der Waals surface area contributed by atoms with E-state index in [1.807, 2.05) is 36.4 Å². The third-order valence-electron chi connectivity index (χ3n) is 5.80. The zero-order valence-corrected chi connectivity index (χ0v) is 17.9. The second kappa shape index (κ2) is 10.5. The number of fused-ring (bicyclic) bond motifs is 1.